The van der Waals surface area contributed by atoms with E-state index in [1.165, 1.54) is 0 Å². The highest BCUT2D eigenvalue weighted by molar-refractivity contribution is 5.86. The summed E-state index contributed by atoms with van der Waals surface area (Å²) in [4.78, 5) is 40.5. The van der Waals surface area contributed by atoms with Gasteiger partial charge in [-0.15, -0.1) is 0 Å². The lowest BCUT2D eigenvalue weighted by Gasteiger charge is -2.39. The summed E-state index contributed by atoms with van der Waals surface area (Å²) in [6, 6.07) is 0. The van der Waals surface area contributed by atoms with Crippen molar-refractivity contribution in [2.75, 3.05) is 32.8 Å². The van der Waals surface area contributed by atoms with Crippen LogP contribution in [0, 0.1) is 11.8 Å². The fourth-order valence-corrected chi connectivity index (χ4v) is 4.17. The molecule has 2 heterocycles. The van der Waals surface area contributed by atoms with Crippen molar-refractivity contribution in [1.29, 1.82) is 0 Å². The number of ether oxygens (including phenoxy) is 1. The van der Waals surface area contributed by atoms with E-state index in [9.17, 15) is 19.5 Å². The van der Waals surface area contributed by atoms with Crippen molar-refractivity contribution in [2.45, 2.75) is 45.6 Å². The van der Waals surface area contributed by atoms with Crippen molar-refractivity contribution in [3.05, 3.63) is 11.1 Å². The maximum absolute atomic E-state index is 13.0. The number of carboxylic acids is 1. The molecule has 3 rings (SSSR count). The van der Waals surface area contributed by atoms with Crippen LogP contribution in [0.25, 0.3) is 0 Å². The number of nitrogens with zero attached hydrogens (tertiary/aromatic N) is 2. The summed E-state index contributed by atoms with van der Waals surface area (Å²) >= 11 is 0. The second kappa shape index (κ2) is 7.78. The second-order valence-electron chi connectivity index (χ2n) is 7.67. The van der Waals surface area contributed by atoms with E-state index in [1.807, 2.05) is 13.8 Å². The molecule has 7 heteroatoms. The Labute approximate surface area is 154 Å². The molecule has 2 amide bonds. The quantitative estimate of drug-likeness (QED) is 0.763. The monoisotopic (exact) mass is 364 g/mol. The summed E-state index contributed by atoms with van der Waals surface area (Å²) in [6.07, 6.45) is 2.30. The fraction of sp³-hybridized carbons (Fsp3) is 0.737. The third-order valence-electron chi connectivity index (χ3n) is 6.01. The van der Waals surface area contributed by atoms with E-state index >= 15 is 0 Å². The first-order chi connectivity index (χ1) is 12.4. The zero-order chi connectivity index (χ0) is 18.8. The van der Waals surface area contributed by atoms with Crippen LogP contribution in [0.4, 0.5) is 0 Å². The number of hydrogen-bond acceptors (Lipinski definition) is 4. The maximum Gasteiger partial charge on any atom is 0.307 e. The van der Waals surface area contributed by atoms with Crippen molar-refractivity contribution in [2.24, 2.45) is 11.8 Å². The molecule has 0 aromatic carbocycles. The zero-order valence-electron chi connectivity index (χ0n) is 15.6. The first kappa shape index (κ1) is 18.9. The summed E-state index contributed by atoms with van der Waals surface area (Å²) in [7, 11) is 0. The molecule has 7 nitrogen and oxygen atoms in total. The summed E-state index contributed by atoms with van der Waals surface area (Å²) in [5, 5.41) is 9.54. The third-order valence-corrected chi connectivity index (χ3v) is 6.01. The molecule has 1 N–H and O–H groups in total. The normalized spacial score (nSPS) is 29.8. The first-order valence-corrected chi connectivity index (χ1v) is 9.45. The molecule has 144 valence electrons. The molecule has 0 spiro atoms. The molecule has 2 aliphatic heterocycles. The molecule has 0 aromatic rings. The van der Waals surface area contributed by atoms with Gasteiger partial charge in [0.1, 0.15) is 6.10 Å². The summed E-state index contributed by atoms with van der Waals surface area (Å²) in [5.41, 5.74) is 2.20. The molecule has 3 aliphatic rings. The summed E-state index contributed by atoms with van der Waals surface area (Å²) < 4.78 is 5.46. The Hall–Kier alpha value is -1.89. The van der Waals surface area contributed by atoms with Crippen LogP contribution in [0.2, 0.25) is 0 Å². The van der Waals surface area contributed by atoms with Crippen LogP contribution in [0.1, 0.15) is 39.5 Å². The minimum absolute atomic E-state index is 0.0186. The second-order valence-corrected chi connectivity index (χ2v) is 7.67. The van der Waals surface area contributed by atoms with Gasteiger partial charge in [0.2, 0.25) is 5.91 Å². The fourth-order valence-electron chi connectivity index (χ4n) is 4.17. The number of allylic oxidation sites excluding steroid dienone is 2. The van der Waals surface area contributed by atoms with Gasteiger partial charge in [0.15, 0.2) is 0 Å². The van der Waals surface area contributed by atoms with Crippen molar-refractivity contribution in [1.82, 2.24) is 9.80 Å². The smallest absolute Gasteiger partial charge is 0.307 e. The Morgan fingerprint density at radius 3 is 1.96 bits per heavy atom. The van der Waals surface area contributed by atoms with Crippen LogP contribution < -0.4 is 0 Å². The van der Waals surface area contributed by atoms with Crippen LogP contribution in [0.15, 0.2) is 11.1 Å². The van der Waals surface area contributed by atoms with Gasteiger partial charge in [-0.25, -0.2) is 0 Å². The lowest BCUT2D eigenvalue weighted by atomic mass is 9.76. The van der Waals surface area contributed by atoms with Gasteiger partial charge in [-0.3, -0.25) is 14.4 Å². The number of carboxylic acid groups (broad SMARTS) is 1. The molecule has 0 bridgehead atoms. The molecule has 0 aromatic heterocycles. The number of piperazine rings is 1. The number of amides is 2. The predicted molar refractivity (Wildman–Crippen MR) is 94.4 cm³/mol. The molecule has 1 aliphatic carbocycles. The van der Waals surface area contributed by atoms with Gasteiger partial charge in [0.05, 0.1) is 11.8 Å². The van der Waals surface area contributed by atoms with E-state index in [4.69, 9.17) is 4.74 Å². The van der Waals surface area contributed by atoms with Crippen LogP contribution in [-0.2, 0) is 19.1 Å². The SMILES string of the molecule is CC1=C(C)C[C@@H](C(=O)O)[C@@H](C(=O)N2CCN(C(=O)[C@H]3CCCO3)CC2)C1. The lowest BCUT2D eigenvalue weighted by molar-refractivity contribution is -0.153. The number of carbonyl (C=O) groups is 3. The Balaban J connectivity index is 1.60. The van der Waals surface area contributed by atoms with Crippen molar-refractivity contribution in [3.63, 3.8) is 0 Å². The lowest BCUT2D eigenvalue weighted by Crippen LogP contribution is -2.55. The van der Waals surface area contributed by atoms with Crippen LogP contribution >= 0.6 is 0 Å². The Morgan fingerprint density at radius 1 is 0.923 bits per heavy atom. The zero-order valence-corrected chi connectivity index (χ0v) is 15.6. The van der Waals surface area contributed by atoms with Crippen molar-refractivity contribution >= 4 is 17.8 Å². The predicted octanol–water partition coefficient (Wildman–Crippen LogP) is 1.28. The van der Waals surface area contributed by atoms with Crippen LogP contribution in [0.5, 0.6) is 0 Å². The molecule has 3 atom stereocenters. The van der Waals surface area contributed by atoms with E-state index in [2.05, 4.69) is 0 Å². The largest absolute Gasteiger partial charge is 0.481 e. The molecule has 0 saturated carbocycles. The standard InChI is InChI=1S/C19H28N2O5/c1-12-10-14(15(19(24)25)11-13(12)2)17(22)20-5-7-21(8-6-20)18(23)16-4-3-9-26-16/h14-16H,3-11H2,1-2H3,(H,24,25)/t14-,15+,16+/m0/s1. The van der Waals surface area contributed by atoms with E-state index in [-0.39, 0.29) is 17.9 Å². The average molecular weight is 364 g/mol. The van der Waals surface area contributed by atoms with Gasteiger partial charge in [-0.05, 0) is 39.5 Å². The van der Waals surface area contributed by atoms with Gasteiger partial charge < -0.3 is 19.6 Å². The van der Waals surface area contributed by atoms with E-state index < -0.39 is 17.8 Å². The summed E-state index contributed by atoms with van der Waals surface area (Å²) in [6.45, 7) is 6.46. The highest BCUT2D eigenvalue weighted by atomic mass is 16.5. The van der Waals surface area contributed by atoms with Crippen LogP contribution in [-0.4, -0.2) is 71.6 Å². The average Bonchev–Trinajstić information content (AvgIpc) is 3.17. The minimum Gasteiger partial charge on any atom is -0.481 e. The number of rotatable bonds is 3. The number of hydrogen-bond donors (Lipinski definition) is 1. The number of carbonyl (C=O) groups excluding carboxylic acids is 2. The highest BCUT2D eigenvalue weighted by Crippen LogP contribution is 2.35. The molecule has 26 heavy (non-hydrogen) atoms. The highest BCUT2D eigenvalue weighted by Gasteiger charge is 2.40. The molecular weight excluding hydrogens is 336 g/mol. The van der Waals surface area contributed by atoms with Gasteiger partial charge >= 0.3 is 5.97 Å². The van der Waals surface area contributed by atoms with E-state index in [1.54, 1.807) is 9.80 Å². The molecule has 2 fully saturated rings. The third kappa shape index (κ3) is 3.77. The van der Waals surface area contributed by atoms with Gasteiger partial charge in [0.25, 0.3) is 5.91 Å². The Kier molecular flexibility index (Phi) is 5.65. The Bertz CT molecular complexity index is 615. The van der Waals surface area contributed by atoms with Gasteiger partial charge in [0, 0.05) is 32.8 Å². The first-order valence-electron chi connectivity index (χ1n) is 9.45. The number of aliphatic carboxylic acids is 1. The molecule has 2 saturated heterocycles. The van der Waals surface area contributed by atoms with Gasteiger partial charge in [-0.1, -0.05) is 11.1 Å². The van der Waals surface area contributed by atoms with E-state index in [0.29, 0.717) is 45.6 Å². The molecule has 0 unspecified atom stereocenters. The Morgan fingerprint density at radius 2 is 1.46 bits per heavy atom. The van der Waals surface area contributed by atoms with Gasteiger partial charge in [-0.2, -0.15) is 0 Å². The molecular formula is C19H28N2O5. The maximum atomic E-state index is 13.0. The molecule has 0 radical (unpaired) electrons. The van der Waals surface area contributed by atoms with Crippen molar-refractivity contribution < 1.29 is 24.2 Å². The van der Waals surface area contributed by atoms with Crippen molar-refractivity contribution in [3.8, 4) is 0 Å². The minimum atomic E-state index is -0.901. The van der Waals surface area contributed by atoms with E-state index in [0.717, 1.165) is 24.0 Å². The topological polar surface area (TPSA) is 87.2 Å². The summed E-state index contributed by atoms with van der Waals surface area (Å²) in [5.74, 6) is -2.13. The van der Waals surface area contributed by atoms with Crippen LogP contribution in [0.3, 0.4) is 0 Å².